The van der Waals surface area contributed by atoms with Crippen molar-refractivity contribution in [3.8, 4) is 33.9 Å². The third-order valence-corrected chi connectivity index (χ3v) is 5.67. The molecule has 0 saturated heterocycles. The fourth-order valence-electron chi connectivity index (χ4n) is 3.54. The van der Waals surface area contributed by atoms with Crippen LogP contribution in [0.15, 0.2) is 108 Å². The van der Waals surface area contributed by atoms with Gasteiger partial charge in [-0.2, -0.15) is 0 Å². The fraction of sp³-hybridized carbons (Fsp3) is 0. The van der Waals surface area contributed by atoms with E-state index in [0.717, 1.165) is 49.1 Å². The lowest BCUT2D eigenvalue weighted by Gasteiger charge is -2.11. The largest absolute Gasteiger partial charge is 0.228 e. The van der Waals surface area contributed by atoms with Crippen LogP contribution in [0.3, 0.4) is 0 Å². The van der Waals surface area contributed by atoms with E-state index in [1.54, 1.807) is 0 Å². The monoisotopic (exact) mass is 436 g/mol. The predicted molar refractivity (Wildman–Crippen MR) is 124 cm³/mol. The first-order chi connectivity index (χ1) is 14.3. The summed E-state index contributed by atoms with van der Waals surface area (Å²) in [5.41, 5.74) is 5.02. The van der Waals surface area contributed by atoms with Crippen molar-refractivity contribution < 1.29 is 0 Å². The molecule has 0 atom stereocenters. The number of halogens is 1. The van der Waals surface area contributed by atoms with Crippen LogP contribution in [-0.4, -0.2) is 9.97 Å². The van der Waals surface area contributed by atoms with E-state index < -0.39 is 0 Å². The molecule has 0 aliphatic rings. The van der Waals surface area contributed by atoms with Gasteiger partial charge in [0.2, 0.25) is 0 Å². The third kappa shape index (κ3) is 3.45. The predicted octanol–water partition coefficient (Wildman–Crippen LogP) is 7.39. The molecule has 0 spiro atoms. The Kier molecular flexibility index (Phi) is 4.66. The normalized spacial score (nSPS) is 10.9. The van der Waals surface area contributed by atoms with Gasteiger partial charge in [0.25, 0.3) is 0 Å². The number of hydrogen-bond acceptors (Lipinski definition) is 2. The van der Waals surface area contributed by atoms with Crippen molar-refractivity contribution >= 4 is 26.7 Å². The molecule has 138 valence electrons. The number of aromatic nitrogens is 2. The molecule has 5 aromatic rings. The van der Waals surface area contributed by atoms with Gasteiger partial charge in [-0.1, -0.05) is 101 Å². The average molecular weight is 437 g/mol. The van der Waals surface area contributed by atoms with Crippen molar-refractivity contribution in [3.05, 3.63) is 108 Å². The summed E-state index contributed by atoms with van der Waals surface area (Å²) in [6.07, 6.45) is 0. The van der Waals surface area contributed by atoms with Crippen LogP contribution in [0.2, 0.25) is 0 Å². The maximum absolute atomic E-state index is 4.95. The lowest BCUT2D eigenvalue weighted by atomic mass is 10.0. The van der Waals surface area contributed by atoms with Crippen LogP contribution in [0.25, 0.3) is 44.7 Å². The molecule has 3 heteroatoms. The first kappa shape index (κ1) is 17.8. The second-order valence-corrected chi connectivity index (χ2v) is 7.69. The van der Waals surface area contributed by atoms with E-state index in [9.17, 15) is 0 Å². The summed E-state index contributed by atoms with van der Waals surface area (Å²) in [4.78, 5) is 9.91. The summed E-state index contributed by atoms with van der Waals surface area (Å²) in [5, 5.41) is 2.28. The second-order valence-electron chi connectivity index (χ2n) is 6.83. The summed E-state index contributed by atoms with van der Waals surface area (Å²) >= 11 is 3.67. The summed E-state index contributed by atoms with van der Waals surface area (Å²) < 4.78 is 1.07. The minimum Gasteiger partial charge on any atom is -0.228 e. The number of fused-ring (bicyclic) bond motifs is 1. The molecule has 0 bridgehead atoms. The van der Waals surface area contributed by atoms with Gasteiger partial charge in [-0.15, -0.1) is 0 Å². The molecule has 2 nitrogen and oxygen atoms in total. The molecule has 0 radical (unpaired) electrons. The van der Waals surface area contributed by atoms with Gasteiger partial charge in [0.15, 0.2) is 5.82 Å². The SMILES string of the molecule is Brc1ccc(-c2nc(-c3ccccc3)cc(-c3ccccc3)n2)c2ccccc12. The van der Waals surface area contributed by atoms with E-state index in [2.05, 4.69) is 76.6 Å². The summed E-state index contributed by atoms with van der Waals surface area (Å²) in [7, 11) is 0. The summed E-state index contributed by atoms with van der Waals surface area (Å²) in [5.74, 6) is 0.730. The number of hydrogen-bond donors (Lipinski definition) is 0. The molecule has 4 aromatic carbocycles. The Bertz CT molecular complexity index is 1240. The lowest BCUT2D eigenvalue weighted by molar-refractivity contribution is 1.19. The van der Waals surface area contributed by atoms with Crippen molar-refractivity contribution in [3.63, 3.8) is 0 Å². The van der Waals surface area contributed by atoms with Gasteiger partial charge in [0, 0.05) is 21.2 Å². The van der Waals surface area contributed by atoms with Crippen LogP contribution in [-0.2, 0) is 0 Å². The van der Waals surface area contributed by atoms with Gasteiger partial charge in [-0.25, -0.2) is 9.97 Å². The zero-order chi connectivity index (χ0) is 19.6. The smallest absolute Gasteiger partial charge is 0.161 e. The molecular weight excluding hydrogens is 420 g/mol. The second kappa shape index (κ2) is 7.61. The first-order valence-electron chi connectivity index (χ1n) is 9.47. The Morgan fingerprint density at radius 2 is 1.03 bits per heavy atom. The van der Waals surface area contributed by atoms with Crippen molar-refractivity contribution in [1.82, 2.24) is 9.97 Å². The van der Waals surface area contributed by atoms with Crippen LogP contribution in [0, 0.1) is 0 Å². The summed E-state index contributed by atoms with van der Waals surface area (Å²) in [6, 6.07) is 35.1. The molecule has 0 N–H and O–H groups in total. The molecule has 0 aliphatic heterocycles. The van der Waals surface area contributed by atoms with E-state index in [0.29, 0.717) is 0 Å². The van der Waals surface area contributed by atoms with Gasteiger partial charge in [0.05, 0.1) is 11.4 Å². The van der Waals surface area contributed by atoms with Crippen LogP contribution >= 0.6 is 15.9 Å². The third-order valence-electron chi connectivity index (χ3n) is 4.98. The van der Waals surface area contributed by atoms with Gasteiger partial charge >= 0.3 is 0 Å². The Morgan fingerprint density at radius 3 is 1.62 bits per heavy atom. The van der Waals surface area contributed by atoms with E-state index in [4.69, 9.17) is 9.97 Å². The Hall–Kier alpha value is -3.30. The van der Waals surface area contributed by atoms with E-state index in [1.807, 2.05) is 42.5 Å². The zero-order valence-corrected chi connectivity index (χ0v) is 17.2. The van der Waals surface area contributed by atoms with Gasteiger partial charge in [-0.05, 0) is 29.0 Å². The quantitative estimate of drug-likeness (QED) is 0.294. The van der Waals surface area contributed by atoms with Gasteiger partial charge < -0.3 is 0 Å². The maximum Gasteiger partial charge on any atom is 0.161 e. The summed E-state index contributed by atoms with van der Waals surface area (Å²) in [6.45, 7) is 0. The van der Waals surface area contributed by atoms with Crippen LogP contribution in [0.5, 0.6) is 0 Å². The molecule has 0 saturated carbocycles. The molecule has 0 fully saturated rings. The molecule has 0 aliphatic carbocycles. The minimum absolute atomic E-state index is 0.730. The van der Waals surface area contributed by atoms with E-state index in [-0.39, 0.29) is 0 Å². The Balaban J connectivity index is 1.79. The Labute approximate surface area is 178 Å². The van der Waals surface area contributed by atoms with E-state index in [1.165, 1.54) is 0 Å². The molecule has 5 rings (SSSR count). The van der Waals surface area contributed by atoms with Crippen molar-refractivity contribution in [2.75, 3.05) is 0 Å². The van der Waals surface area contributed by atoms with Crippen LogP contribution in [0.4, 0.5) is 0 Å². The van der Waals surface area contributed by atoms with Crippen LogP contribution < -0.4 is 0 Å². The maximum atomic E-state index is 4.95. The number of rotatable bonds is 3. The topological polar surface area (TPSA) is 25.8 Å². The highest BCUT2D eigenvalue weighted by Crippen LogP contribution is 2.34. The molecule has 29 heavy (non-hydrogen) atoms. The first-order valence-corrected chi connectivity index (χ1v) is 10.3. The van der Waals surface area contributed by atoms with Crippen LogP contribution in [0.1, 0.15) is 0 Å². The van der Waals surface area contributed by atoms with E-state index >= 15 is 0 Å². The van der Waals surface area contributed by atoms with Crippen molar-refractivity contribution in [2.24, 2.45) is 0 Å². The highest BCUT2D eigenvalue weighted by Gasteiger charge is 2.13. The van der Waals surface area contributed by atoms with Crippen molar-refractivity contribution in [2.45, 2.75) is 0 Å². The molecule has 1 heterocycles. The highest BCUT2D eigenvalue weighted by atomic mass is 79.9. The zero-order valence-electron chi connectivity index (χ0n) is 15.6. The molecule has 0 amide bonds. The molecule has 0 unspecified atom stereocenters. The minimum atomic E-state index is 0.730. The highest BCUT2D eigenvalue weighted by molar-refractivity contribution is 9.10. The van der Waals surface area contributed by atoms with Crippen molar-refractivity contribution in [1.29, 1.82) is 0 Å². The number of benzene rings is 4. The Morgan fingerprint density at radius 1 is 0.517 bits per heavy atom. The lowest BCUT2D eigenvalue weighted by Crippen LogP contribution is -1.96. The average Bonchev–Trinajstić information content (AvgIpc) is 2.80. The number of nitrogens with zero attached hydrogens (tertiary/aromatic N) is 2. The van der Waals surface area contributed by atoms with Gasteiger partial charge in [-0.3, -0.25) is 0 Å². The standard InChI is InChI=1S/C26H17BrN2/c27-23-16-15-22(20-13-7-8-14-21(20)23)26-28-24(18-9-3-1-4-10-18)17-25(29-26)19-11-5-2-6-12-19/h1-17H. The fourth-order valence-corrected chi connectivity index (χ4v) is 4.02. The molecule has 1 aromatic heterocycles. The van der Waals surface area contributed by atoms with Gasteiger partial charge in [0.1, 0.15) is 0 Å². The molecular formula is C26H17BrN2.